The number of hydrogen-bond acceptors (Lipinski definition) is 5. The lowest BCUT2D eigenvalue weighted by Gasteiger charge is -2.43. The van der Waals surface area contributed by atoms with Crippen molar-refractivity contribution in [3.05, 3.63) is 24.3 Å². The zero-order chi connectivity index (χ0) is 21.6. The maximum Gasteiger partial charge on any atom is 0.321 e. The Hall–Kier alpha value is -2.44. The number of fused-ring (bicyclic) bond motifs is 4. The molecule has 0 amide bonds. The van der Waals surface area contributed by atoms with Crippen LogP contribution in [0.4, 0.5) is 0 Å². The van der Waals surface area contributed by atoms with Crippen molar-refractivity contribution < 1.29 is 34.1 Å². The van der Waals surface area contributed by atoms with Gasteiger partial charge in [-0.3, -0.25) is 19.2 Å². The molecule has 29 heavy (non-hydrogen) atoms. The Morgan fingerprint density at radius 1 is 0.759 bits per heavy atom. The number of ether oxygens (including phenoxy) is 1. The number of carbonyl (C=O) groups is 4. The molecule has 2 N–H and O–H groups in total. The minimum absolute atomic E-state index is 0.296. The molecule has 7 nitrogen and oxygen atoms in total. The number of hydrogen-bond donors (Lipinski definition) is 2. The van der Waals surface area contributed by atoms with Gasteiger partial charge in [-0.1, -0.05) is 38.2 Å². The summed E-state index contributed by atoms with van der Waals surface area (Å²) >= 11 is 0. The summed E-state index contributed by atoms with van der Waals surface area (Å²) in [5.41, 5.74) is -4.28. The highest BCUT2D eigenvalue weighted by Gasteiger charge is 2.70. The summed E-state index contributed by atoms with van der Waals surface area (Å²) in [6.45, 7) is 6.71. The van der Waals surface area contributed by atoms with Gasteiger partial charge in [0.05, 0.1) is 22.7 Å². The summed E-state index contributed by atoms with van der Waals surface area (Å²) in [4.78, 5) is 50.4. The van der Waals surface area contributed by atoms with Gasteiger partial charge in [-0.05, 0) is 38.5 Å². The molecule has 0 spiro atoms. The summed E-state index contributed by atoms with van der Waals surface area (Å²) in [5, 5.41) is 19.5. The van der Waals surface area contributed by atoms with Gasteiger partial charge in [0.15, 0.2) is 0 Å². The average Bonchev–Trinajstić information content (AvgIpc) is 3.29. The molecule has 0 heterocycles. The van der Waals surface area contributed by atoms with E-state index in [9.17, 15) is 29.4 Å². The molecule has 4 rings (SSSR count). The van der Waals surface area contributed by atoms with Crippen LogP contribution in [-0.2, 0) is 23.9 Å². The summed E-state index contributed by atoms with van der Waals surface area (Å²) < 4.78 is 5.35. The average molecular weight is 402 g/mol. The first-order valence-electron chi connectivity index (χ1n) is 9.93. The molecule has 8 atom stereocenters. The fourth-order valence-corrected chi connectivity index (χ4v) is 6.59. The van der Waals surface area contributed by atoms with E-state index >= 15 is 0 Å². The highest BCUT2D eigenvalue weighted by Crippen LogP contribution is 2.66. The van der Waals surface area contributed by atoms with Crippen molar-refractivity contribution in [2.24, 2.45) is 45.3 Å². The van der Waals surface area contributed by atoms with Crippen LogP contribution in [0.25, 0.3) is 0 Å². The molecule has 0 radical (unpaired) electrons. The Labute approximate surface area is 168 Å². The Bertz CT molecular complexity index is 831. The van der Waals surface area contributed by atoms with Crippen molar-refractivity contribution in [3.63, 3.8) is 0 Å². The summed E-state index contributed by atoms with van der Waals surface area (Å²) in [6, 6.07) is 0. The van der Waals surface area contributed by atoms with Gasteiger partial charge in [-0.25, -0.2) is 0 Å². The number of carbonyl (C=O) groups excluding carboxylic acids is 2. The third-order valence-electron chi connectivity index (χ3n) is 8.78. The minimum atomic E-state index is -1.41. The first kappa shape index (κ1) is 19.9. The molecule has 0 aromatic carbocycles. The second kappa shape index (κ2) is 5.58. The van der Waals surface area contributed by atoms with Crippen LogP contribution in [0.1, 0.15) is 40.5 Å². The van der Waals surface area contributed by atoms with Crippen LogP contribution in [0.15, 0.2) is 24.3 Å². The lowest BCUT2D eigenvalue weighted by Crippen LogP contribution is -2.53. The van der Waals surface area contributed by atoms with Gasteiger partial charge < -0.3 is 14.9 Å². The van der Waals surface area contributed by atoms with Crippen molar-refractivity contribution in [2.45, 2.75) is 40.5 Å². The van der Waals surface area contributed by atoms with Gasteiger partial charge >= 0.3 is 23.9 Å². The Balaban J connectivity index is 1.68. The SMILES string of the molecule is CC12C=CC(C1)C(C(=O)O)C2(C)C(=O)OC(=O)C1(C)C(C(=O)O)C2C=CC1(C)C2. The number of rotatable bonds is 4. The molecular formula is C22H26O7. The number of aliphatic carboxylic acids is 2. The minimum Gasteiger partial charge on any atom is -0.481 e. The zero-order valence-electron chi connectivity index (χ0n) is 17.0. The molecule has 8 unspecified atom stereocenters. The van der Waals surface area contributed by atoms with E-state index in [0.29, 0.717) is 12.8 Å². The molecule has 7 heteroatoms. The van der Waals surface area contributed by atoms with E-state index in [1.807, 2.05) is 38.2 Å². The number of carboxylic acid groups (broad SMARTS) is 2. The smallest absolute Gasteiger partial charge is 0.321 e. The van der Waals surface area contributed by atoms with Crippen molar-refractivity contribution in [2.75, 3.05) is 0 Å². The molecule has 4 aliphatic rings. The standard InChI is InChI=1S/C22H26O7/c1-19-7-5-11(9-19)13(15(23)24)21(19,3)17(27)29-18(28)22(4)14(16(25)26)12-6-8-20(22,2)10-12/h5-8,11-14H,9-10H2,1-4H3,(H,23,24)(H,25,26). The van der Waals surface area contributed by atoms with Gasteiger partial charge in [-0.15, -0.1) is 0 Å². The molecule has 156 valence electrons. The number of allylic oxidation sites excluding steroid dienone is 4. The van der Waals surface area contributed by atoms with E-state index in [-0.39, 0.29) is 11.8 Å². The molecule has 0 aliphatic heterocycles. The highest BCUT2D eigenvalue weighted by molar-refractivity contribution is 5.97. The monoisotopic (exact) mass is 402 g/mol. The first-order chi connectivity index (χ1) is 13.3. The van der Waals surface area contributed by atoms with E-state index < -0.39 is 57.4 Å². The van der Waals surface area contributed by atoms with Crippen LogP contribution in [-0.4, -0.2) is 34.1 Å². The third-order valence-corrected chi connectivity index (χ3v) is 8.78. The van der Waals surface area contributed by atoms with Gasteiger partial charge in [0.25, 0.3) is 0 Å². The summed E-state index contributed by atoms with van der Waals surface area (Å²) in [5.74, 6) is -6.53. The van der Waals surface area contributed by atoms with Crippen LogP contribution in [0.3, 0.4) is 0 Å². The van der Waals surface area contributed by atoms with Crippen LogP contribution in [0, 0.1) is 45.3 Å². The fourth-order valence-electron chi connectivity index (χ4n) is 6.59. The van der Waals surface area contributed by atoms with Crippen LogP contribution in [0.5, 0.6) is 0 Å². The normalized spacial score (nSPS) is 48.8. The molecule has 0 aromatic heterocycles. The predicted octanol–water partition coefficient (Wildman–Crippen LogP) is 2.66. The molecule has 4 bridgehead atoms. The Morgan fingerprint density at radius 3 is 1.41 bits per heavy atom. The fraction of sp³-hybridized carbons (Fsp3) is 0.636. The van der Waals surface area contributed by atoms with Crippen LogP contribution >= 0.6 is 0 Å². The maximum atomic E-state index is 13.3. The summed E-state index contributed by atoms with van der Waals surface area (Å²) in [6.07, 6.45) is 8.32. The maximum absolute atomic E-state index is 13.3. The molecule has 4 aliphatic carbocycles. The van der Waals surface area contributed by atoms with E-state index in [2.05, 4.69) is 0 Å². The van der Waals surface area contributed by atoms with Crippen molar-refractivity contribution in [1.29, 1.82) is 0 Å². The Kier molecular flexibility index (Phi) is 3.82. The molecule has 2 saturated carbocycles. The van der Waals surface area contributed by atoms with Crippen LogP contribution in [0.2, 0.25) is 0 Å². The van der Waals surface area contributed by atoms with E-state index in [1.54, 1.807) is 13.8 Å². The van der Waals surface area contributed by atoms with Gasteiger partial charge in [-0.2, -0.15) is 0 Å². The number of carboxylic acids is 2. The largest absolute Gasteiger partial charge is 0.481 e. The Morgan fingerprint density at radius 2 is 1.10 bits per heavy atom. The van der Waals surface area contributed by atoms with Crippen molar-refractivity contribution >= 4 is 23.9 Å². The van der Waals surface area contributed by atoms with E-state index in [1.165, 1.54) is 0 Å². The lowest BCUT2D eigenvalue weighted by molar-refractivity contribution is -0.187. The highest BCUT2D eigenvalue weighted by atomic mass is 16.6. The topological polar surface area (TPSA) is 118 Å². The van der Waals surface area contributed by atoms with Crippen LogP contribution < -0.4 is 0 Å². The van der Waals surface area contributed by atoms with E-state index in [4.69, 9.17) is 4.74 Å². The van der Waals surface area contributed by atoms with Gasteiger partial charge in [0.1, 0.15) is 0 Å². The van der Waals surface area contributed by atoms with Gasteiger partial charge in [0.2, 0.25) is 0 Å². The van der Waals surface area contributed by atoms with E-state index in [0.717, 1.165) is 0 Å². The summed E-state index contributed by atoms with van der Waals surface area (Å²) in [7, 11) is 0. The number of esters is 2. The molecule has 2 fully saturated rings. The molecular weight excluding hydrogens is 376 g/mol. The van der Waals surface area contributed by atoms with Crippen molar-refractivity contribution in [1.82, 2.24) is 0 Å². The quantitative estimate of drug-likeness (QED) is 0.422. The zero-order valence-corrected chi connectivity index (χ0v) is 17.0. The van der Waals surface area contributed by atoms with Crippen molar-refractivity contribution in [3.8, 4) is 0 Å². The molecule has 0 saturated heterocycles. The first-order valence-corrected chi connectivity index (χ1v) is 9.93. The lowest BCUT2D eigenvalue weighted by atomic mass is 9.61. The second-order valence-corrected chi connectivity index (χ2v) is 10.0. The van der Waals surface area contributed by atoms with Gasteiger partial charge in [0, 0.05) is 10.8 Å². The predicted molar refractivity (Wildman–Crippen MR) is 100 cm³/mol. The third kappa shape index (κ3) is 2.13. The molecule has 0 aromatic rings. The second-order valence-electron chi connectivity index (χ2n) is 10.0.